The SMILES string of the molecule is CC(CF)C(=O)NC1CC(=O)N(c2ccc(Nc3ccc(F)cc3)c(C=N)c2)C1. The molecular weight excluding hydrogens is 378 g/mol. The molecule has 0 aliphatic carbocycles. The number of nitrogens with zero attached hydrogens (tertiary/aromatic N) is 1. The van der Waals surface area contributed by atoms with Crippen molar-refractivity contribution in [2.45, 2.75) is 19.4 Å². The van der Waals surface area contributed by atoms with Crippen LogP contribution in [-0.4, -0.2) is 37.3 Å². The summed E-state index contributed by atoms with van der Waals surface area (Å²) in [5, 5.41) is 13.5. The van der Waals surface area contributed by atoms with E-state index in [-0.39, 0.29) is 30.7 Å². The van der Waals surface area contributed by atoms with Crippen molar-refractivity contribution in [1.82, 2.24) is 5.32 Å². The van der Waals surface area contributed by atoms with Gasteiger partial charge in [0.15, 0.2) is 0 Å². The van der Waals surface area contributed by atoms with Gasteiger partial charge in [-0.3, -0.25) is 14.0 Å². The van der Waals surface area contributed by atoms with Crippen LogP contribution in [-0.2, 0) is 9.59 Å². The number of carbonyl (C=O) groups excluding carboxylic acids is 2. The number of anilines is 3. The molecule has 1 aliphatic rings. The van der Waals surface area contributed by atoms with Gasteiger partial charge in [-0.2, -0.15) is 0 Å². The number of nitrogens with one attached hydrogen (secondary N) is 3. The maximum atomic E-state index is 13.1. The molecule has 3 N–H and O–H groups in total. The monoisotopic (exact) mass is 400 g/mol. The molecule has 0 spiro atoms. The number of amides is 2. The third-order valence-electron chi connectivity index (χ3n) is 4.78. The molecule has 2 aromatic rings. The first-order chi connectivity index (χ1) is 13.9. The molecule has 2 atom stereocenters. The van der Waals surface area contributed by atoms with E-state index >= 15 is 0 Å². The zero-order valence-corrected chi connectivity index (χ0v) is 15.9. The summed E-state index contributed by atoms with van der Waals surface area (Å²) >= 11 is 0. The molecule has 2 amide bonds. The zero-order chi connectivity index (χ0) is 21.0. The number of hydrogen-bond donors (Lipinski definition) is 3. The Morgan fingerprint density at radius 2 is 2.03 bits per heavy atom. The van der Waals surface area contributed by atoms with Crippen molar-refractivity contribution in [1.29, 1.82) is 5.41 Å². The summed E-state index contributed by atoms with van der Waals surface area (Å²) in [4.78, 5) is 25.8. The van der Waals surface area contributed by atoms with Crippen molar-refractivity contribution in [3.05, 3.63) is 53.8 Å². The lowest BCUT2D eigenvalue weighted by Crippen LogP contribution is -2.40. The molecule has 29 heavy (non-hydrogen) atoms. The van der Waals surface area contributed by atoms with E-state index in [1.165, 1.54) is 19.1 Å². The van der Waals surface area contributed by atoms with Crippen LogP contribution in [0.25, 0.3) is 0 Å². The van der Waals surface area contributed by atoms with Crippen molar-refractivity contribution in [2.24, 2.45) is 5.92 Å². The Labute approximate surface area is 167 Å². The Hall–Kier alpha value is -3.29. The molecular formula is C21H22F2N4O2. The quantitative estimate of drug-likeness (QED) is 0.623. The molecule has 1 fully saturated rings. The van der Waals surface area contributed by atoms with Gasteiger partial charge in [0.1, 0.15) is 12.5 Å². The van der Waals surface area contributed by atoms with Gasteiger partial charge in [0.25, 0.3) is 0 Å². The molecule has 1 heterocycles. The first-order valence-electron chi connectivity index (χ1n) is 9.25. The zero-order valence-electron chi connectivity index (χ0n) is 15.9. The Bertz CT molecular complexity index is 917. The molecule has 1 saturated heterocycles. The fourth-order valence-corrected chi connectivity index (χ4v) is 3.11. The Morgan fingerprint density at radius 1 is 1.31 bits per heavy atom. The Balaban J connectivity index is 1.74. The van der Waals surface area contributed by atoms with Gasteiger partial charge < -0.3 is 20.9 Å². The van der Waals surface area contributed by atoms with Gasteiger partial charge in [-0.1, -0.05) is 6.92 Å². The van der Waals surface area contributed by atoms with Crippen molar-refractivity contribution in [3.8, 4) is 0 Å². The fraction of sp³-hybridized carbons (Fsp3) is 0.286. The van der Waals surface area contributed by atoms with E-state index in [4.69, 9.17) is 5.41 Å². The molecule has 0 aromatic heterocycles. The largest absolute Gasteiger partial charge is 0.355 e. The van der Waals surface area contributed by atoms with Crippen LogP contribution < -0.4 is 15.5 Å². The predicted molar refractivity (Wildman–Crippen MR) is 108 cm³/mol. The summed E-state index contributed by atoms with van der Waals surface area (Å²) in [6.07, 6.45) is 1.30. The third-order valence-corrected chi connectivity index (χ3v) is 4.78. The van der Waals surface area contributed by atoms with Crippen LogP contribution in [0.4, 0.5) is 25.8 Å². The second-order valence-corrected chi connectivity index (χ2v) is 7.02. The highest BCUT2D eigenvalue weighted by Gasteiger charge is 2.32. The van der Waals surface area contributed by atoms with E-state index < -0.39 is 18.5 Å². The van der Waals surface area contributed by atoms with Gasteiger partial charge in [-0.05, 0) is 42.5 Å². The van der Waals surface area contributed by atoms with Gasteiger partial charge >= 0.3 is 0 Å². The third kappa shape index (κ3) is 4.77. The lowest BCUT2D eigenvalue weighted by molar-refractivity contribution is -0.125. The van der Waals surface area contributed by atoms with Crippen molar-refractivity contribution < 1.29 is 18.4 Å². The minimum atomic E-state index is -0.750. The average Bonchev–Trinajstić information content (AvgIpc) is 3.09. The van der Waals surface area contributed by atoms with Crippen LogP contribution in [0, 0.1) is 17.1 Å². The second kappa shape index (κ2) is 8.81. The van der Waals surface area contributed by atoms with Gasteiger partial charge in [0, 0.05) is 41.8 Å². The van der Waals surface area contributed by atoms with Crippen LogP contribution >= 0.6 is 0 Å². The molecule has 0 radical (unpaired) electrons. The highest BCUT2D eigenvalue weighted by molar-refractivity contribution is 5.99. The van der Waals surface area contributed by atoms with E-state index in [1.54, 1.807) is 35.2 Å². The van der Waals surface area contributed by atoms with Gasteiger partial charge in [0.2, 0.25) is 11.8 Å². The van der Waals surface area contributed by atoms with Crippen LogP contribution in [0.3, 0.4) is 0 Å². The maximum absolute atomic E-state index is 13.1. The molecule has 2 unspecified atom stereocenters. The topological polar surface area (TPSA) is 85.3 Å². The Morgan fingerprint density at radius 3 is 2.69 bits per heavy atom. The lowest BCUT2D eigenvalue weighted by Gasteiger charge is -2.20. The molecule has 0 bridgehead atoms. The molecule has 8 heteroatoms. The first-order valence-corrected chi connectivity index (χ1v) is 9.25. The standard InChI is InChI=1S/C21H22F2N4O2/c1-13(10-22)21(29)26-17-9-20(28)27(12-17)18-6-7-19(14(8-18)11-24)25-16-4-2-15(23)3-5-16/h2-8,11,13,17,24-25H,9-10,12H2,1H3,(H,26,29). The number of hydrogen-bond acceptors (Lipinski definition) is 4. The van der Waals surface area contributed by atoms with E-state index in [0.717, 1.165) is 6.21 Å². The summed E-state index contributed by atoms with van der Waals surface area (Å²) in [5.41, 5.74) is 2.47. The van der Waals surface area contributed by atoms with Crippen LogP contribution in [0.5, 0.6) is 0 Å². The minimum Gasteiger partial charge on any atom is -0.355 e. The smallest absolute Gasteiger partial charge is 0.229 e. The molecule has 2 aromatic carbocycles. The molecule has 3 rings (SSSR count). The van der Waals surface area contributed by atoms with E-state index in [1.807, 2.05) is 0 Å². The summed E-state index contributed by atoms with van der Waals surface area (Å²) in [6, 6.07) is 10.6. The van der Waals surface area contributed by atoms with Crippen molar-refractivity contribution >= 4 is 35.1 Å². The van der Waals surface area contributed by atoms with Crippen LogP contribution in [0.1, 0.15) is 18.9 Å². The van der Waals surface area contributed by atoms with Gasteiger partial charge in [-0.25, -0.2) is 4.39 Å². The summed E-state index contributed by atoms with van der Waals surface area (Å²) in [5.74, 6) is -1.65. The summed E-state index contributed by atoms with van der Waals surface area (Å²) in [7, 11) is 0. The predicted octanol–water partition coefficient (Wildman–Crippen LogP) is 3.39. The first kappa shape index (κ1) is 20.4. The van der Waals surface area contributed by atoms with Gasteiger partial charge in [-0.15, -0.1) is 0 Å². The number of rotatable bonds is 7. The minimum absolute atomic E-state index is 0.139. The number of alkyl halides is 1. The lowest BCUT2D eigenvalue weighted by atomic mass is 10.1. The van der Waals surface area contributed by atoms with Crippen LogP contribution in [0.15, 0.2) is 42.5 Å². The van der Waals surface area contributed by atoms with E-state index in [2.05, 4.69) is 10.6 Å². The number of benzene rings is 2. The highest BCUT2D eigenvalue weighted by Crippen LogP contribution is 2.28. The molecule has 152 valence electrons. The Kier molecular flexibility index (Phi) is 6.21. The van der Waals surface area contributed by atoms with Crippen LogP contribution in [0.2, 0.25) is 0 Å². The van der Waals surface area contributed by atoms with Crippen molar-refractivity contribution in [3.63, 3.8) is 0 Å². The molecule has 1 aliphatic heterocycles. The molecule has 0 saturated carbocycles. The second-order valence-electron chi connectivity index (χ2n) is 7.02. The normalized spacial score (nSPS) is 17.1. The number of carbonyl (C=O) groups is 2. The molecule has 6 nitrogen and oxygen atoms in total. The summed E-state index contributed by atoms with van der Waals surface area (Å²) < 4.78 is 25.7. The van der Waals surface area contributed by atoms with Gasteiger partial charge in [0.05, 0.1) is 12.0 Å². The van der Waals surface area contributed by atoms with Crippen molar-refractivity contribution in [2.75, 3.05) is 23.4 Å². The van der Waals surface area contributed by atoms with E-state index in [9.17, 15) is 18.4 Å². The average molecular weight is 400 g/mol. The number of halogens is 2. The fourth-order valence-electron chi connectivity index (χ4n) is 3.11. The van der Waals surface area contributed by atoms with E-state index in [0.29, 0.717) is 22.6 Å². The summed E-state index contributed by atoms with van der Waals surface area (Å²) in [6.45, 7) is 1.03. The highest BCUT2D eigenvalue weighted by atomic mass is 19.1. The maximum Gasteiger partial charge on any atom is 0.229 e.